The highest BCUT2D eigenvalue weighted by atomic mass is 16.2. The van der Waals surface area contributed by atoms with Gasteiger partial charge >= 0.3 is 0 Å². The zero-order chi connectivity index (χ0) is 18.1. The van der Waals surface area contributed by atoms with Gasteiger partial charge in [-0.1, -0.05) is 32.1 Å². The molecule has 7 nitrogen and oxygen atoms in total. The smallest absolute Gasteiger partial charge is 0.262 e. The van der Waals surface area contributed by atoms with E-state index in [0.717, 1.165) is 0 Å². The number of nitrogens with one attached hydrogen (secondary N) is 1. The lowest BCUT2D eigenvalue weighted by Gasteiger charge is -2.29. The molecule has 25 heavy (non-hydrogen) atoms. The fourth-order valence-corrected chi connectivity index (χ4v) is 3.00. The highest BCUT2D eigenvalue weighted by molar-refractivity contribution is 5.93. The molecule has 0 saturated carbocycles. The molecule has 3 rings (SSSR count). The van der Waals surface area contributed by atoms with Crippen molar-refractivity contribution in [2.75, 3.05) is 0 Å². The van der Waals surface area contributed by atoms with Crippen molar-refractivity contribution in [3.63, 3.8) is 0 Å². The maximum absolute atomic E-state index is 13.0. The molecule has 1 aromatic carbocycles. The van der Waals surface area contributed by atoms with E-state index in [9.17, 15) is 14.4 Å². The standard InChI is InChI=1S/C18H20N4O3/c1-10(2)9-13-16-20-12-6-4-3-5-11(12)18(25)22(16)14(17(24)21-13)7-8-15(19)23/h3-6,9-10,14H,7-8H2,1-2H3,(H2,19,23)(H,21,24)/b13-9-/t14-/m0/s1. The summed E-state index contributed by atoms with van der Waals surface area (Å²) < 4.78 is 1.39. The highest BCUT2D eigenvalue weighted by Gasteiger charge is 2.32. The maximum atomic E-state index is 13.0. The summed E-state index contributed by atoms with van der Waals surface area (Å²) in [5.74, 6) is -0.278. The molecule has 130 valence electrons. The van der Waals surface area contributed by atoms with Gasteiger partial charge in [0.25, 0.3) is 5.56 Å². The monoisotopic (exact) mass is 340 g/mol. The number of carbonyl (C=O) groups is 2. The van der Waals surface area contributed by atoms with Gasteiger partial charge in [-0.05, 0) is 24.5 Å². The Bertz CT molecular complexity index is 943. The second-order valence-electron chi connectivity index (χ2n) is 6.46. The molecule has 0 unspecified atom stereocenters. The van der Waals surface area contributed by atoms with Gasteiger partial charge < -0.3 is 11.1 Å². The van der Waals surface area contributed by atoms with Crippen LogP contribution in [-0.2, 0) is 9.59 Å². The summed E-state index contributed by atoms with van der Waals surface area (Å²) in [6.45, 7) is 3.95. The molecular weight excluding hydrogens is 320 g/mol. The average Bonchev–Trinajstić information content (AvgIpc) is 2.54. The number of benzene rings is 1. The molecule has 2 aromatic rings. The van der Waals surface area contributed by atoms with Crippen LogP contribution in [-0.4, -0.2) is 21.4 Å². The first-order valence-corrected chi connectivity index (χ1v) is 8.21. The number of nitrogens with two attached hydrogens (primary N) is 1. The summed E-state index contributed by atoms with van der Waals surface area (Å²) in [6.07, 6.45) is 2.03. The fraction of sp³-hybridized carbons (Fsp3) is 0.333. The first kappa shape index (κ1) is 16.9. The van der Waals surface area contributed by atoms with E-state index in [2.05, 4.69) is 10.3 Å². The summed E-state index contributed by atoms with van der Waals surface area (Å²) in [6, 6.07) is 6.20. The van der Waals surface area contributed by atoms with Gasteiger partial charge in [0, 0.05) is 6.42 Å². The molecule has 1 aromatic heterocycles. The summed E-state index contributed by atoms with van der Waals surface area (Å²) in [5.41, 5.74) is 6.00. The minimum Gasteiger partial charge on any atom is -0.370 e. The van der Waals surface area contributed by atoms with Crippen LogP contribution in [0.25, 0.3) is 16.6 Å². The number of aromatic nitrogens is 2. The molecule has 1 aliphatic rings. The van der Waals surface area contributed by atoms with Gasteiger partial charge in [-0.2, -0.15) is 0 Å². The second kappa shape index (κ2) is 6.51. The van der Waals surface area contributed by atoms with Gasteiger partial charge in [0.2, 0.25) is 11.8 Å². The number of rotatable bonds is 4. The van der Waals surface area contributed by atoms with Crippen molar-refractivity contribution in [3.05, 3.63) is 46.5 Å². The zero-order valence-corrected chi connectivity index (χ0v) is 14.2. The van der Waals surface area contributed by atoms with E-state index in [0.29, 0.717) is 22.4 Å². The van der Waals surface area contributed by atoms with Crippen LogP contribution < -0.4 is 16.6 Å². The van der Waals surface area contributed by atoms with E-state index in [1.807, 2.05) is 26.0 Å². The van der Waals surface area contributed by atoms with Crippen LogP contribution >= 0.6 is 0 Å². The van der Waals surface area contributed by atoms with E-state index in [-0.39, 0.29) is 30.2 Å². The van der Waals surface area contributed by atoms with Gasteiger partial charge in [0.05, 0.1) is 16.6 Å². The van der Waals surface area contributed by atoms with Gasteiger partial charge in [0.1, 0.15) is 6.04 Å². The number of hydrogen-bond donors (Lipinski definition) is 2. The molecule has 2 amide bonds. The number of fused-ring (bicyclic) bond motifs is 2. The minimum absolute atomic E-state index is 0.0139. The number of primary amides is 1. The third-order valence-electron chi connectivity index (χ3n) is 4.09. The predicted octanol–water partition coefficient (Wildman–Crippen LogP) is 1.33. The van der Waals surface area contributed by atoms with Crippen molar-refractivity contribution in [2.45, 2.75) is 32.7 Å². The lowest BCUT2D eigenvalue weighted by Crippen LogP contribution is -2.44. The van der Waals surface area contributed by atoms with E-state index in [4.69, 9.17) is 5.73 Å². The summed E-state index contributed by atoms with van der Waals surface area (Å²) in [4.78, 5) is 41.3. The first-order chi connectivity index (χ1) is 11.9. The Labute approximate surface area is 144 Å². The molecule has 0 spiro atoms. The normalized spacial score (nSPS) is 18.4. The Kier molecular flexibility index (Phi) is 4.39. The Morgan fingerprint density at radius 3 is 2.76 bits per heavy atom. The van der Waals surface area contributed by atoms with Crippen LogP contribution in [0.15, 0.2) is 35.1 Å². The topological polar surface area (TPSA) is 107 Å². The van der Waals surface area contributed by atoms with E-state index in [1.165, 1.54) is 4.57 Å². The molecule has 0 radical (unpaired) electrons. The predicted molar refractivity (Wildman–Crippen MR) is 94.4 cm³/mol. The lowest BCUT2D eigenvalue weighted by atomic mass is 10.0. The van der Waals surface area contributed by atoms with Gasteiger partial charge in [0.15, 0.2) is 5.82 Å². The maximum Gasteiger partial charge on any atom is 0.262 e. The quantitative estimate of drug-likeness (QED) is 0.875. The number of nitrogens with zero attached hydrogens (tertiary/aromatic N) is 2. The molecule has 0 bridgehead atoms. The van der Waals surface area contributed by atoms with Crippen LogP contribution in [0.4, 0.5) is 0 Å². The minimum atomic E-state index is -0.809. The molecule has 0 saturated heterocycles. The van der Waals surface area contributed by atoms with Gasteiger partial charge in [-0.15, -0.1) is 0 Å². The summed E-state index contributed by atoms with van der Waals surface area (Å²) in [7, 11) is 0. The Balaban J connectivity index is 2.26. The van der Waals surface area contributed by atoms with Crippen molar-refractivity contribution < 1.29 is 9.59 Å². The van der Waals surface area contributed by atoms with Gasteiger partial charge in [-0.3, -0.25) is 19.0 Å². The van der Waals surface area contributed by atoms with Crippen LogP contribution in [0.5, 0.6) is 0 Å². The number of para-hydroxylation sites is 1. The molecular formula is C18H20N4O3. The SMILES string of the molecule is CC(C)/C=C1\NC(=O)[C@H](CCC(N)=O)n2c1nc1ccccc1c2=O. The summed E-state index contributed by atoms with van der Waals surface area (Å²) >= 11 is 0. The number of allylic oxidation sites excluding steroid dienone is 1. The molecule has 3 N–H and O–H groups in total. The third kappa shape index (κ3) is 3.17. The molecule has 0 fully saturated rings. The van der Waals surface area contributed by atoms with Crippen molar-refractivity contribution in [1.29, 1.82) is 0 Å². The third-order valence-corrected chi connectivity index (χ3v) is 4.09. The van der Waals surface area contributed by atoms with Crippen LogP contribution in [0, 0.1) is 5.92 Å². The molecule has 1 aliphatic heterocycles. The number of amides is 2. The van der Waals surface area contributed by atoms with Crippen molar-refractivity contribution >= 4 is 28.4 Å². The van der Waals surface area contributed by atoms with Crippen molar-refractivity contribution in [1.82, 2.24) is 14.9 Å². The zero-order valence-electron chi connectivity index (χ0n) is 14.2. The Morgan fingerprint density at radius 2 is 2.08 bits per heavy atom. The van der Waals surface area contributed by atoms with Crippen LogP contribution in [0.2, 0.25) is 0 Å². The molecule has 0 aliphatic carbocycles. The summed E-state index contributed by atoms with van der Waals surface area (Å²) in [5, 5.41) is 3.26. The Morgan fingerprint density at radius 1 is 1.36 bits per heavy atom. The van der Waals surface area contributed by atoms with Crippen LogP contribution in [0.1, 0.15) is 38.6 Å². The van der Waals surface area contributed by atoms with E-state index >= 15 is 0 Å². The molecule has 1 atom stereocenters. The Hall–Kier alpha value is -2.96. The highest BCUT2D eigenvalue weighted by Crippen LogP contribution is 2.26. The van der Waals surface area contributed by atoms with Crippen LogP contribution in [0.3, 0.4) is 0 Å². The second-order valence-corrected chi connectivity index (χ2v) is 6.46. The van der Waals surface area contributed by atoms with Gasteiger partial charge in [-0.25, -0.2) is 4.98 Å². The van der Waals surface area contributed by atoms with E-state index in [1.54, 1.807) is 18.2 Å². The number of carbonyl (C=O) groups excluding carboxylic acids is 2. The number of hydrogen-bond acceptors (Lipinski definition) is 4. The average molecular weight is 340 g/mol. The van der Waals surface area contributed by atoms with Crippen molar-refractivity contribution in [2.24, 2.45) is 11.7 Å². The van der Waals surface area contributed by atoms with Crippen molar-refractivity contribution in [3.8, 4) is 0 Å². The fourth-order valence-electron chi connectivity index (χ4n) is 3.00. The lowest BCUT2D eigenvalue weighted by molar-refractivity contribution is -0.124. The molecule has 7 heteroatoms. The first-order valence-electron chi connectivity index (χ1n) is 8.21. The van der Waals surface area contributed by atoms with E-state index < -0.39 is 11.9 Å². The largest absolute Gasteiger partial charge is 0.370 e. The molecule has 2 heterocycles.